The number of non-ortho nitro benzene ring substituents is 1. The van der Waals surface area contributed by atoms with Crippen LogP contribution in [0.2, 0.25) is 0 Å². The van der Waals surface area contributed by atoms with Crippen LogP contribution >= 0.6 is 0 Å². The van der Waals surface area contributed by atoms with Gasteiger partial charge in [-0.25, -0.2) is 4.79 Å². The highest BCUT2D eigenvalue weighted by Crippen LogP contribution is 2.26. The molecule has 0 atom stereocenters. The third kappa shape index (κ3) is 4.67. The Morgan fingerprint density at radius 2 is 2.04 bits per heavy atom. The van der Waals surface area contributed by atoms with E-state index >= 15 is 0 Å². The average molecular weight is 341 g/mol. The van der Waals surface area contributed by atoms with Crippen molar-refractivity contribution >= 4 is 23.3 Å². The molecular formula is C19H19NO5. The Bertz CT molecular complexity index is 826. The van der Waals surface area contributed by atoms with Gasteiger partial charge in [-0.2, -0.15) is 0 Å². The molecule has 0 aliphatic rings. The van der Waals surface area contributed by atoms with Gasteiger partial charge in [0.2, 0.25) is 0 Å². The third-order valence-electron chi connectivity index (χ3n) is 3.57. The van der Waals surface area contributed by atoms with Crippen molar-refractivity contribution in [2.45, 2.75) is 20.3 Å². The molecular weight excluding hydrogens is 322 g/mol. The summed E-state index contributed by atoms with van der Waals surface area (Å²) in [5.41, 5.74) is 1.77. The summed E-state index contributed by atoms with van der Waals surface area (Å²) < 4.78 is 5.60. The molecule has 0 radical (unpaired) electrons. The Morgan fingerprint density at radius 1 is 1.28 bits per heavy atom. The van der Waals surface area contributed by atoms with Crippen molar-refractivity contribution in [3.8, 4) is 5.75 Å². The summed E-state index contributed by atoms with van der Waals surface area (Å²) in [6.45, 7) is 4.45. The van der Waals surface area contributed by atoms with Crippen LogP contribution in [0.3, 0.4) is 0 Å². The van der Waals surface area contributed by atoms with Gasteiger partial charge in [-0.3, -0.25) is 10.1 Å². The molecule has 0 fully saturated rings. The van der Waals surface area contributed by atoms with Crippen LogP contribution in [0.1, 0.15) is 30.0 Å². The summed E-state index contributed by atoms with van der Waals surface area (Å²) in [5, 5.41) is 20.4. The number of hydrogen-bond acceptors (Lipinski definition) is 4. The zero-order valence-corrected chi connectivity index (χ0v) is 14.1. The standard InChI is InChI=1S/C19H19NO5/c1-3-9-25-18-8-7-15(10-13(18)2)17(19(21)22)12-14-5-4-6-16(11-14)20(23)24/h4-8,10-12H,3,9H2,1-2H3,(H,21,22)/b17-12-. The SMILES string of the molecule is CCCOc1ccc(/C(=C/c2cccc([N+](=O)[O-])c2)C(=O)O)cc1C. The van der Waals surface area contributed by atoms with Gasteiger partial charge in [-0.1, -0.05) is 25.1 Å². The maximum Gasteiger partial charge on any atom is 0.336 e. The number of rotatable bonds is 7. The van der Waals surface area contributed by atoms with E-state index in [2.05, 4.69) is 0 Å². The number of aliphatic carboxylic acids is 1. The predicted octanol–water partition coefficient (Wildman–Crippen LogP) is 4.32. The summed E-state index contributed by atoms with van der Waals surface area (Å²) in [7, 11) is 0. The largest absolute Gasteiger partial charge is 0.493 e. The van der Waals surface area contributed by atoms with Gasteiger partial charge < -0.3 is 9.84 Å². The van der Waals surface area contributed by atoms with Crippen molar-refractivity contribution in [3.63, 3.8) is 0 Å². The Kier molecular flexibility index (Phi) is 5.89. The molecule has 2 aromatic carbocycles. The fraction of sp³-hybridized carbons (Fsp3) is 0.211. The van der Waals surface area contributed by atoms with Crippen LogP contribution in [0.5, 0.6) is 5.75 Å². The van der Waals surface area contributed by atoms with Crippen molar-refractivity contribution in [2.24, 2.45) is 0 Å². The molecule has 25 heavy (non-hydrogen) atoms. The first-order valence-corrected chi connectivity index (χ1v) is 7.85. The molecule has 1 N–H and O–H groups in total. The van der Waals surface area contributed by atoms with Gasteiger partial charge in [-0.15, -0.1) is 0 Å². The smallest absolute Gasteiger partial charge is 0.336 e. The van der Waals surface area contributed by atoms with Crippen LogP contribution in [0.4, 0.5) is 5.69 Å². The minimum atomic E-state index is -1.10. The Balaban J connectivity index is 2.41. The van der Waals surface area contributed by atoms with E-state index in [1.165, 1.54) is 24.3 Å². The highest BCUT2D eigenvalue weighted by Gasteiger charge is 2.13. The minimum Gasteiger partial charge on any atom is -0.493 e. The van der Waals surface area contributed by atoms with Crippen molar-refractivity contribution in [1.82, 2.24) is 0 Å². The molecule has 0 saturated carbocycles. The number of nitro groups is 1. The normalized spacial score (nSPS) is 11.2. The van der Waals surface area contributed by atoms with E-state index in [4.69, 9.17) is 4.74 Å². The maximum atomic E-state index is 11.7. The lowest BCUT2D eigenvalue weighted by atomic mass is 10.0. The molecule has 0 aliphatic carbocycles. The van der Waals surface area contributed by atoms with Gasteiger partial charge in [-0.05, 0) is 48.2 Å². The molecule has 0 heterocycles. The second kappa shape index (κ2) is 8.10. The number of nitro benzene ring substituents is 1. The molecule has 0 aromatic heterocycles. The predicted molar refractivity (Wildman–Crippen MR) is 95.6 cm³/mol. The Morgan fingerprint density at radius 3 is 2.64 bits per heavy atom. The van der Waals surface area contributed by atoms with Crippen molar-refractivity contribution < 1.29 is 19.6 Å². The van der Waals surface area contributed by atoms with Crippen LogP contribution in [-0.4, -0.2) is 22.6 Å². The van der Waals surface area contributed by atoms with E-state index in [0.29, 0.717) is 23.5 Å². The van der Waals surface area contributed by atoms with Crippen LogP contribution in [0, 0.1) is 17.0 Å². The number of ether oxygens (including phenoxy) is 1. The van der Waals surface area contributed by atoms with Gasteiger partial charge in [0.1, 0.15) is 5.75 Å². The van der Waals surface area contributed by atoms with E-state index in [-0.39, 0.29) is 11.3 Å². The number of carbonyl (C=O) groups is 1. The van der Waals surface area contributed by atoms with Crippen LogP contribution < -0.4 is 4.74 Å². The Hall–Kier alpha value is -3.15. The lowest BCUT2D eigenvalue weighted by Gasteiger charge is -2.10. The first kappa shape index (κ1) is 18.2. The summed E-state index contributed by atoms with van der Waals surface area (Å²) in [5.74, 6) is -0.390. The fourth-order valence-electron chi connectivity index (χ4n) is 2.35. The monoisotopic (exact) mass is 341 g/mol. The highest BCUT2D eigenvalue weighted by molar-refractivity contribution is 6.20. The van der Waals surface area contributed by atoms with E-state index in [1.807, 2.05) is 13.8 Å². The lowest BCUT2D eigenvalue weighted by Crippen LogP contribution is -2.02. The zero-order valence-electron chi connectivity index (χ0n) is 14.1. The lowest BCUT2D eigenvalue weighted by molar-refractivity contribution is -0.384. The van der Waals surface area contributed by atoms with Gasteiger partial charge in [0.15, 0.2) is 0 Å². The number of carboxylic acids is 1. The van der Waals surface area contributed by atoms with Gasteiger partial charge in [0, 0.05) is 12.1 Å². The molecule has 0 unspecified atom stereocenters. The molecule has 0 spiro atoms. The first-order valence-electron chi connectivity index (χ1n) is 7.85. The maximum absolute atomic E-state index is 11.7. The van der Waals surface area contributed by atoms with E-state index in [1.54, 1.807) is 24.3 Å². The van der Waals surface area contributed by atoms with Crippen molar-refractivity contribution in [2.75, 3.05) is 6.61 Å². The van der Waals surface area contributed by atoms with Crippen LogP contribution in [0.25, 0.3) is 11.6 Å². The van der Waals surface area contributed by atoms with E-state index < -0.39 is 10.9 Å². The molecule has 6 heteroatoms. The molecule has 0 bridgehead atoms. The first-order chi connectivity index (χ1) is 11.9. The number of hydrogen-bond donors (Lipinski definition) is 1. The van der Waals surface area contributed by atoms with Gasteiger partial charge >= 0.3 is 5.97 Å². The molecule has 0 saturated heterocycles. The number of nitrogens with zero attached hydrogens (tertiary/aromatic N) is 1. The van der Waals surface area contributed by atoms with E-state index in [9.17, 15) is 20.0 Å². The fourth-order valence-corrected chi connectivity index (χ4v) is 2.35. The van der Waals surface area contributed by atoms with Crippen LogP contribution in [-0.2, 0) is 4.79 Å². The molecule has 130 valence electrons. The molecule has 2 rings (SSSR count). The topological polar surface area (TPSA) is 89.7 Å². The summed E-state index contributed by atoms with van der Waals surface area (Å²) in [6, 6.07) is 11.0. The molecule has 0 amide bonds. The van der Waals surface area contributed by atoms with Gasteiger partial charge in [0.25, 0.3) is 5.69 Å². The van der Waals surface area contributed by atoms with Crippen molar-refractivity contribution in [3.05, 3.63) is 69.3 Å². The number of aryl methyl sites for hydroxylation is 1. The molecule has 6 nitrogen and oxygen atoms in total. The number of carboxylic acid groups (broad SMARTS) is 1. The Labute approximate surface area is 145 Å². The highest BCUT2D eigenvalue weighted by atomic mass is 16.6. The van der Waals surface area contributed by atoms with E-state index in [0.717, 1.165) is 12.0 Å². The quantitative estimate of drug-likeness (QED) is 0.351. The molecule has 0 aliphatic heterocycles. The van der Waals surface area contributed by atoms with Crippen molar-refractivity contribution in [1.29, 1.82) is 0 Å². The minimum absolute atomic E-state index is 0.0608. The van der Waals surface area contributed by atoms with Crippen LogP contribution in [0.15, 0.2) is 42.5 Å². The average Bonchev–Trinajstić information content (AvgIpc) is 2.58. The number of benzene rings is 2. The zero-order chi connectivity index (χ0) is 18.4. The van der Waals surface area contributed by atoms with Gasteiger partial charge in [0.05, 0.1) is 17.1 Å². The second-order valence-electron chi connectivity index (χ2n) is 5.54. The molecule has 2 aromatic rings. The summed E-state index contributed by atoms with van der Waals surface area (Å²) in [4.78, 5) is 22.0. The third-order valence-corrected chi connectivity index (χ3v) is 3.57. The second-order valence-corrected chi connectivity index (χ2v) is 5.54. The summed E-state index contributed by atoms with van der Waals surface area (Å²) in [6.07, 6.45) is 2.31. The summed E-state index contributed by atoms with van der Waals surface area (Å²) >= 11 is 0.